The molecule has 1 heterocycles. The van der Waals surface area contributed by atoms with E-state index < -0.39 is 28.0 Å². The number of aromatic nitrogens is 3. The Labute approximate surface area is 196 Å². The fourth-order valence-electron chi connectivity index (χ4n) is 2.91. The minimum atomic E-state index is -4.95. The quantitative estimate of drug-likeness (QED) is 0.528. The minimum Gasteiger partial charge on any atom is -0.406 e. The van der Waals surface area contributed by atoms with Gasteiger partial charge in [0.25, 0.3) is 15.9 Å². The summed E-state index contributed by atoms with van der Waals surface area (Å²) in [6, 6.07) is 6.47. The molecule has 1 amide bonds. The van der Waals surface area contributed by atoms with Crippen molar-refractivity contribution < 1.29 is 31.1 Å². The number of benzene rings is 2. The number of carbonyl (C=O) groups is 1. The van der Waals surface area contributed by atoms with Gasteiger partial charge in [0.2, 0.25) is 0 Å². The Bertz CT molecular complexity index is 1330. The lowest BCUT2D eigenvalue weighted by Gasteiger charge is -2.13. The SMILES string of the molecule is Cc1ccc(C)c(S(=O)(=O)NC(=O)c2nnn(-c3c(Cl)cc(OC(F)(F)F)cc3Cl)c2C)c1. The Morgan fingerprint density at radius 3 is 2.27 bits per heavy atom. The summed E-state index contributed by atoms with van der Waals surface area (Å²) in [5, 5.41) is 6.88. The van der Waals surface area contributed by atoms with Crippen molar-refractivity contribution in [2.24, 2.45) is 0 Å². The number of amides is 1. The van der Waals surface area contributed by atoms with E-state index in [2.05, 4.69) is 15.0 Å². The van der Waals surface area contributed by atoms with Crippen molar-refractivity contribution >= 4 is 39.1 Å². The molecule has 2 aromatic carbocycles. The predicted molar refractivity (Wildman–Crippen MR) is 113 cm³/mol. The number of hydrogen-bond acceptors (Lipinski definition) is 6. The normalized spacial score (nSPS) is 12.0. The lowest BCUT2D eigenvalue weighted by molar-refractivity contribution is -0.274. The average molecular weight is 523 g/mol. The van der Waals surface area contributed by atoms with Gasteiger partial charge >= 0.3 is 6.36 Å². The molecule has 1 N–H and O–H groups in total. The summed E-state index contributed by atoms with van der Waals surface area (Å²) in [6.07, 6.45) is -4.95. The van der Waals surface area contributed by atoms with Gasteiger partial charge in [-0.1, -0.05) is 40.5 Å². The lowest BCUT2D eigenvalue weighted by Crippen LogP contribution is -2.32. The van der Waals surface area contributed by atoms with E-state index >= 15 is 0 Å². The van der Waals surface area contributed by atoms with Crippen molar-refractivity contribution in [3.63, 3.8) is 0 Å². The molecule has 0 fully saturated rings. The van der Waals surface area contributed by atoms with Crippen molar-refractivity contribution in [3.05, 3.63) is 62.9 Å². The van der Waals surface area contributed by atoms with E-state index in [1.54, 1.807) is 26.0 Å². The number of nitrogens with zero attached hydrogens (tertiary/aromatic N) is 3. The average Bonchev–Trinajstić information content (AvgIpc) is 3.02. The van der Waals surface area contributed by atoms with E-state index in [0.29, 0.717) is 11.1 Å². The van der Waals surface area contributed by atoms with Crippen LogP contribution in [0.5, 0.6) is 5.75 Å². The lowest BCUT2D eigenvalue weighted by atomic mass is 10.2. The molecule has 33 heavy (non-hydrogen) atoms. The number of rotatable bonds is 5. The summed E-state index contributed by atoms with van der Waals surface area (Å²) < 4.78 is 69.5. The van der Waals surface area contributed by atoms with Gasteiger partial charge in [-0.25, -0.2) is 17.8 Å². The Balaban J connectivity index is 1.94. The molecule has 0 atom stereocenters. The topological polar surface area (TPSA) is 103 Å². The van der Waals surface area contributed by atoms with Crippen LogP contribution in [0.25, 0.3) is 5.69 Å². The van der Waals surface area contributed by atoms with Crippen LogP contribution in [0.4, 0.5) is 13.2 Å². The molecular formula is C19H15Cl2F3N4O4S. The largest absolute Gasteiger partial charge is 0.573 e. The van der Waals surface area contributed by atoms with Gasteiger partial charge in [0.05, 0.1) is 20.6 Å². The zero-order valence-corrected chi connectivity index (χ0v) is 19.5. The van der Waals surface area contributed by atoms with Crippen LogP contribution in [0, 0.1) is 20.8 Å². The van der Waals surface area contributed by atoms with Crippen LogP contribution in [0.2, 0.25) is 10.0 Å². The molecule has 0 spiro atoms. The highest BCUT2D eigenvalue weighted by molar-refractivity contribution is 7.90. The third-order valence-electron chi connectivity index (χ3n) is 4.41. The zero-order valence-electron chi connectivity index (χ0n) is 17.2. The van der Waals surface area contributed by atoms with E-state index in [9.17, 15) is 26.4 Å². The van der Waals surface area contributed by atoms with Crippen molar-refractivity contribution in [1.82, 2.24) is 19.7 Å². The number of sulfonamides is 1. The monoisotopic (exact) mass is 522 g/mol. The second-order valence-corrected chi connectivity index (χ2v) is 9.39. The summed E-state index contributed by atoms with van der Waals surface area (Å²) in [7, 11) is -4.22. The van der Waals surface area contributed by atoms with E-state index in [4.69, 9.17) is 23.2 Å². The number of halogens is 5. The van der Waals surface area contributed by atoms with Crippen LogP contribution < -0.4 is 9.46 Å². The Hall–Kier alpha value is -2.83. The number of aryl methyl sites for hydroxylation is 2. The van der Waals surface area contributed by atoms with Gasteiger partial charge in [-0.05, 0) is 38.0 Å². The maximum Gasteiger partial charge on any atom is 0.573 e. The van der Waals surface area contributed by atoms with Crippen LogP contribution in [-0.4, -0.2) is 35.7 Å². The summed E-state index contributed by atoms with van der Waals surface area (Å²) >= 11 is 12.1. The fourth-order valence-corrected chi connectivity index (χ4v) is 4.82. The first-order valence-corrected chi connectivity index (χ1v) is 11.3. The second-order valence-electron chi connectivity index (χ2n) is 6.92. The molecule has 0 aliphatic heterocycles. The molecule has 3 rings (SSSR count). The molecule has 0 bridgehead atoms. The van der Waals surface area contributed by atoms with Gasteiger partial charge in [-0.15, -0.1) is 18.3 Å². The number of alkyl halides is 3. The maximum atomic E-state index is 12.7. The highest BCUT2D eigenvalue weighted by Crippen LogP contribution is 2.35. The molecule has 8 nitrogen and oxygen atoms in total. The Morgan fingerprint density at radius 1 is 1.09 bits per heavy atom. The van der Waals surface area contributed by atoms with Gasteiger partial charge in [-0.3, -0.25) is 4.79 Å². The van der Waals surface area contributed by atoms with E-state index in [0.717, 1.165) is 16.8 Å². The van der Waals surface area contributed by atoms with Crippen LogP contribution in [0.1, 0.15) is 27.3 Å². The third kappa shape index (κ3) is 5.40. The number of carbonyl (C=O) groups excluding carboxylic acids is 1. The number of nitrogens with one attached hydrogen (secondary N) is 1. The first-order chi connectivity index (χ1) is 15.2. The van der Waals surface area contributed by atoms with Crippen LogP contribution in [0.3, 0.4) is 0 Å². The molecule has 0 saturated heterocycles. The van der Waals surface area contributed by atoms with Gasteiger partial charge in [0, 0.05) is 12.1 Å². The van der Waals surface area contributed by atoms with Gasteiger partial charge < -0.3 is 4.74 Å². The molecule has 1 aromatic heterocycles. The van der Waals surface area contributed by atoms with Crippen molar-refractivity contribution in [2.75, 3.05) is 0 Å². The smallest absolute Gasteiger partial charge is 0.406 e. The molecule has 0 aliphatic carbocycles. The van der Waals surface area contributed by atoms with Gasteiger partial charge in [0.1, 0.15) is 11.4 Å². The Morgan fingerprint density at radius 2 is 1.70 bits per heavy atom. The summed E-state index contributed by atoms with van der Waals surface area (Å²) in [5.41, 5.74) is 0.719. The van der Waals surface area contributed by atoms with Crippen LogP contribution in [-0.2, 0) is 10.0 Å². The van der Waals surface area contributed by atoms with Crippen LogP contribution >= 0.6 is 23.2 Å². The summed E-state index contributed by atoms with van der Waals surface area (Å²) in [6.45, 7) is 4.66. The summed E-state index contributed by atoms with van der Waals surface area (Å²) in [5.74, 6) is -1.72. The maximum absolute atomic E-state index is 12.7. The molecular weight excluding hydrogens is 508 g/mol. The van der Waals surface area contributed by atoms with Crippen LogP contribution in [0.15, 0.2) is 35.2 Å². The van der Waals surface area contributed by atoms with Gasteiger partial charge in [0.15, 0.2) is 5.69 Å². The van der Waals surface area contributed by atoms with Gasteiger partial charge in [-0.2, -0.15) is 0 Å². The van der Waals surface area contributed by atoms with Crippen molar-refractivity contribution in [2.45, 2.75) is 32.0 Å². The molecule has 0 radical (unpaired) electrons. The number of hydrogen-bond donors (Lipinski definition) is 1. The standard InChI is InChI=1S/C19H15Cl2F3N4O4S/c1-9-4-5-10(2)15(6-9)33(30,31)26-18(29)16-11(3)28(27-25-16)17-13(20)7-12(8-14(17)21)32-19(22,23)24/h4-8H,1-3H3,(H,26,29). The first-order valence-electron chi connectivity index (χ1n) is 9.01. The highest BCUT2D eigenvalue weighted by Gasteiger charge is 2.32. The molecule has 0 saturated carbocycles. The Kier molecular flexibility index (Phi) is 6.65. The summed E-state index contributed by atoms with van der Waals surface area (Å²) in [4.78, 5) is 12.6. The molecule has 3 aromatic rings. The molecule has 14 heteroatoms. The van der Waals surface area contributed by atoms with Crippen molar-refractivity contribution in [1.29, 1.82) is 0 Å². The third-order valence-corrected chi connectivity index (χ3v) is 6.45. The first kappa shape index (κ1) is 24.8. The number of ether oxygens (including phenoxy) is 1. The predicted octanol–water partition coefficient (Wildman–Crippen LogP) is 4.52. The van der Waals surface area contributed by atoms with E-state index in [-0.39, 0.29) is 32.0 Å². The molecule has 0 aliphatic rings. The minimum absolute atomic E-state index is 0.0388. The fraction of sp³-hybridized carbons (Fsp3) is 0.211. The molecule has 176 valence electrons. The van der Waals surface area contributed by atoms with Crippen molar-refractivity contribution in [3.8, 4) is 11.4 Å². The van der Waals surface area contributed by atoms with E-state index in [1.165, 1.54) is 13.0 Å². The van der Waals surface area contributed by atoms with E-state index in [1.807, 2.05) is 4.72 Å². The molecule has 0 unspecified atom stereocenters. The highest BCUT2D eigenvalue weighted by atomic mass is 35.5. The second kappa shape index (κ2) is 8.84. The zero-order chi connectivity index (χ0) is 24.7.